The molecule has 0 aliphatic carbocycles. The number of ether oxygens (including phenoxy) is 1. The highest BCUT2D eigenvalue weighted by Crippen LogP contribution is 2.30. The van der Waals surface area contributed by atoms with Gasteiger partial charge in [0.25, 0.3) is 0 Å². The zero-order chi connectivity index (χ0) is 13.1. The Bertz CT molecular complexity index is 555. The standard InChI is InChI=1S/C14H15ClN2O/c1-9(2)14-16-11(8-13(15)17-14)10-6-4-5-7-12(10)18-3/h4-9H,1-3H3. The predicted octanol–water partition coefficient (Wildman–Crippen LogP) is 3.93. The van der Waals surface area contributed by atoms with Crippen molar-refractivity contribution in [1.29, 1.82) is 0 Å². The predicted molar refractivity (Wildman–Crippen MR) is 73.1 cm³/mol. The molecule has 0 spiro atoms. The van der Waals surface area contributed by atoms with Crippen LogP contribution in [-0.4, -0.2) is 17.1 Å². The molecule has 0 unspecified atom stereocenters. The van der Waals surface area contributed by atoms with E-state index in [-0.39, 0.29) is 5.92 Å². The summed E-state index contributed by atoms with van der Waals surface area (Å²) < 4.78 is 5.34. The number of rotatable bonds is 3. The van der Waals surface area contributed by atoms with Crippen molar-refractivity contribution >= 4 is 11.6 Å². The van der Waals surface area contributed by atoms with Crippen molar-refractivity contribution in [2.45, 2.75) is 19.8 Å². The van der Waals surface area contributed by atoms with E-state index in [9.17, 15) is 0 Å². The molecule has 4 heteroatoms. The van der Waals surface area contributed by atoms with Crippen molar-refractivity contribution in [1.82, 2.24) is 9.97 Å². The maximum absolute atomic E-state index is 6.05. The summed E-state index contributed by atoms with van der Waals surface area (Å²) in [7, 11) is 1.64. The van der Waals surface area contributed by atoms with E-state index in [0.29, 0.717) is 5.15 Å². The summed E-state index contributed by atoms with van der Waals surface area (Å²) in [5, 5.41) is 0.453. The molecule has 94 valence electrons. The summed E-state index contributed by atoms with van der Waals surface area (Å²) in [4.78, 5) is 8.76. The number of benzene rings is 1. The summed E-state index contributed by atoms with van der Waals surface area (Å²) in [6, 6.07) is 9.49. The van der Waals surface area contributed by atoms with Gasteiger partial charge in [0.05, 0.1) is 12.8 Å². The molecule has 1 aromatic heterocycles. The molecular formula is C14H15ClN2O. The summed E-state index contributed by atoms with van der Waals surface area (Å²) in [6.45, 7) is 4.08. The van der Waals surface area contributed by atoms with Gasteiger partial charge in [-0.15, -0.1) is 0 Å². The summed E-state index contributed by atoms with van der Waals surface area (Å²) in [6.07, 6.45) is 0. The Morgan fingerprint density at radius 3 is 2.56 bits per heavy atom. The topological polar surface area (TPSA) is 35.0 Å². The van der Waals surface area contributed by atoms with Crippen molar-refractivity contribution in [2.24, 2.45) is 0 Å². The average molecular weight is 263 g/mol. The van der Waals surface area contributed by atoms with E-state index >= 15 is 0 Å². The number of aromatic nitrogens is 2. The van der Waals surface area contributed by atoms with Crippen LogP contribution in [0.2, 0.25) is 5.15 Å². The highest BCUT2D eigenvalue weighted by molar-refractivity contribution is 6.29. The molecule has 2 aromatic rings. The van der Waals surface area contributed by atoms with Crippen molar-refractivity contribution < 1.29 is 4.74 Å². The molecule has 1 heterocycles. The second-order valence-electron chi connectivity index (χ2n) is 4.29. The molecule has 0 amide bonds. The quantitative estimate of drug-likeness (QED) is 0.786. The highest BCUT2D eigenvalue weighted by atomic mass is 35.5. The molecule has 0 aliphatic rings. The van der Waals surface area contributed by atoms with Crippen molar-refractivity contribution in [3.05, 3.63) is 41.3 Å². The summed E-state index contributed by atoms with van der Waals surface area (Å²) in [5.41, 5.74) is 1.71. The van der Waals surface area contributed by atoms with Crippen LogP contribution in [0.15, 0.2) is 30.3 Å². The molecule has 0 radical (unpaired) electrons. The number of hydrogen-bond acceptors (Lipinski definition) is 3. The van der Waals surface area contributed by atoms with Gasteiger partial charge in [0.2, 0.25) is 0 Å². The van der Waals surface area contributed by atoms with Gasteiger partial charge in [0.1, 0.15) is 16.7 Å². The molecule has 2 rings (SSSR count). The molecular weight excluding hydrogens is 248 g/mol. The largest absolute Gasteiger partial charge is 0.496 e. The second kappa shape index (κ2) is 5.36. The van der Waals surface area contributed by atoms with Gasteiger partial charge >= 0.3 is 0 Å². The third kappa shape index (κ3) is 2.62. The zero-order valence-electron chi connectivity index (χ0n) is 10.6. The van der Waals surface area contributed by atoms with Crippen LogP contribution in [0.3, 0.4) is 0 Å². The average Bonchev–Trinajstić information content (AvgIpc) is 2.38. The minimum absolute atomic E-state index is 0.233. The van der Waals surface area contributed by atoms with Gasteiger partial charge in [0, 0.05) is 17.5 Å². The summed E-state index contributed by atoms with van der Waals surface area (Å²) >= 11 is 6.05. The third-order valence-corrected chi connectivity index (χ3v) is 2.81. The first kappa shape index (κ1) is 12.8. The molecule has 0 atom stereocenters. The van der Waals surface area contributed by atoms with E-state index in [1.807, 2.05) is 38.1 Å². The van der Waals surface area contributed by atoms with Gasteiger partial charge < -0.3 is 4.74 Å². The molecule has 3 nitrogen and oxygen atoms in total. The second-order valence-corrected chi connectivity index (χ2v) is 4.68. The molecule has 0 saturated heterocycles. The Morgan fingerprint density at radius 2 is 1.89 bits per heavy atom. The monoisotopic (exact) mass is 262 g/mol. The Kier molecular flexibility index (Phi) is 3.82. The first-order chi connectivity index (χ1) is 8.61. The lowest BCUT2D eigenvalue weighted by molar-refractivity contribution is 0.416. The van der Waals surface area contributed by atoms with Crippen LogP contribution in [0.4, 0.5) is 0 Å². The Labute approximate surface area is 112 Å². The van der Waals surface area contributed by atoms with E-state index in [1.165, 1.54) is 0 Å². The van der Waals surface area contributed by atoms with E-state index in [2.05, 4.69) is 9.97 Å². The maximum atomic E-state index is 6.05. The van der Waals surface area contributed by atoms with E-state index in [0.717, 1.165) is 22.8 Å². The Balaban J connectivity index is 2.56. The smallest absolute Gasteiger partial charge is 0.133 e. The van der Waals surface area contributed by atoms with E-state index in [1.54, 1.807) is 13.2 Å². The maximum Gasteiger partial charge on any atom is 0.133 e. The number of nitrogens with zero attached hydrogens (tertiary/aromatic N) is 2. The fraction of sp³-hybridized carbons (Fsp3) is 0.286. The van der Waals surface area contributed by atoms with E-state index < -0.39 is 0 Å². The Hall–Kier alpha value is -1.61. The van der Waals surface area contributed by atoms with Crippen LogP contribution in [0.25, 0.3) is 11.3 Å². The minimum atomic E-state index is 0.233. The lowest BCUT2D eigenvalue weighted by Crippen LogP contribution is -2.00. The fourth-order valence-corrected chi connectivity index (χ4v) is 1.88. The molecule has 0 bridgehead atoms. The lowest BCUT2D eigenvalue weighted by atomic mass is 10.1. The van der Waals surface area contributed by atoms with Gasteiger partial charge in [-0.3, -0.25) is 0 Å². The van der Waals surface area contributed by atoms with Crippen molar-refractivity contribution in [3.8, 4) is 17.0 Å². The zero-order valence-corrected chi connectivity index (χ0v) is 11.4. The molecule has 0 saturated carbocycles. The third-order valence-electron chi connectivity index (χ3n) is 2.61. The van der Waals surface area contributed by atoms with Crippen LogP contribution in [0.5, 0.6) is 5.75 Å². The normalized spacial score (nSPS) is 10.7. The van der Waals surface area contributed by atoms with Crippen LogP contribution >= 0.6 is 11.6 Å². The van der Waals surface area contributed by atoms with Gasteiger partial charge in [-0.25, -0.2) is 9.97 Å². The molecule has 0 aliphatic heterocycles. The van der Waals surface area contributed by atoms with Gasteiger partial charge in [-0.1, -0.05) is 37.6 Å². The minimum Gasteiger partial charge on any atom is -0.496 e. The number of para-hydroxylation sites is 1. The Morgan fingerprint density at radius 1 is 1.17 bits per heavy atom. The number of methoxy groups -OCH3 is 1. The number of hydrogen-bond donors (Lipinski definition) is 0. The first-order valence-corrected chi connectivity index (χ1v) is 6.17. The molecule has 1 aromatic carbocycles. The first-order valence-electron chi connectivity index (χ1n) is 5.79. The van der Waals surface area contributed by atoms with E-state index in [4.69, 9.17) is 16.3 Å². The molecule has 0 fully saturated rings. The number of halogens is 1. The lowest BCUT2D eigenvalue weighted by Gasteiger charge is -2.10. The van der Waals surface area contributed by atoms with Crippen LogP contribution in [0.1, 0.15) is 25.6 Å². The molecule has 0 N–H and O–H groups in total. The van der Waals surface area contributed by atoms with Crippen molar-refractivity contribution in [2.75, 3.05) is 7.11 Å². The van der Waals surface area contributed by atoms with Crippen LogP contribution in [-0.2, 0) is 0 Å². The van der Waals surface area contributed by atoms with Gasteiger partial charge in [-0.05, 0) is 12.1 Å². The highest BCUT2D eigenvalue weighted by Gasteiger charge is 2.11. The summed E-state index contributed by atoms with van der Waals surface area (Å²) in [5.74, 6) is 1.75. The van der Waals surface area contributed by atoms with Gasteiger partial charge in [-0.2, -0.15) is 0 Å². The fourth-order valence-electron chi connectivity index (χ4n) is 1.69. The molecule has 18 heavy (non-hydrogen) atoms. The van der Waals surface area contributed by atoms with Crippen LogP contribution < -0.4 is 4.74 Å². The van der Waals surface area contributed by atoms with Gasteiger partial charge in [0.15, 0.2) is 0 Å². The SMILES string of the molecule is COc1ccccc1-c1cc(Cl)nc(C(C)C)n1. The van der Waals surface area contributed by atoms with Crippen molar-refractivity contribution in [3.63, 3.8) is 0 Å². The van der Waals surface area contributed by atoms with Crippen LogP contribution in [0, 0.1) is 0 Å².